The number of unbranched alkanes of at least 4 members (excludes halogenated alkanes) is 11. The molecule has 1 aliphatic heterocycles. The minimum absolute atomic E-state index is 0.0262. The van der Waals surface area contributed by atoms with Crippen molar-refractivity contribution in [2.75, 3.05) is 26.4 Å². The number of ether oxygens (including phenoxy) is 4. The highest BCUT2D eigenvalue weighted by atomic mass is 32.3. The van der Waals surface area contributed by atoms with Crippen molar-refractivity contribution in [1.29, 1.82) is 0 Å². The van der Waals surface area contributed by atoms with Crippen LogP contribution in [0.5, 0.6) is 0 Å². The van der Waals surface area contributed by atoms with E-state index in [0.29, 0.717) is 13.0 Å². The molecule has 1 aliphatic rings. The number of carbonyl (C=O) groups is 1. The molecule has 55 heavy (non-hydrogen) atoms. The van der Waals surface area contributed by atoms with Gasteiger partial charge in [-0.05, 0) is 57.8 Å². The molecule has 0 radical (unpaired) electrons. The number of carbonyl (C=O) groups excluding carboxylic acids is 1. The lowest BCUT2D eigenvalue weighted by Gasteiger charge is -2.41. The fourth-order valence-corrected chi connectivity index (χ4v) is 6.32. The van der Waals surface area contributed by atoms with Crippen LogP contribution in [0.3, 0.4) is 0 Å². The fourth-order valence-electron chi connectivity index (χ4n) is 5.81. The summed E-state index contributed by atoms with van der Waals surface area (Å²) in [6.45, 7) is 3.68. The number of hydrogen-bond acceptors (Lipinski definition) is 11. The number of aliphatic hydroxyl groups is 3. The van der Waals surface area contributed by atoms with Crippen molar-refractivity contribution < 1.29 is 56.2 Å². The minimum Gasteiger partial charge on any atom is -0.457 e. The van der Waals surface area contributed by atoms with Crippen molar-refractivity contribution in [1.82, 2.24) is 0 Å². The van der Waals surface area contributed by atoms with Gasteiger partial charge in [0.2, 0.25) is 0 Å². The number of rotatable bonds is 34. The molecule has 1 saturated heterocycles. The Morgan fingerprint density at radius 3 is 1.82 bits per heavy atom. The predicted molar refractivity (Wildman–Crippen MR) is 216 cm³/mol. The summed E-state index contributed by atoms with van der Waals surface area (Å²) in [5, 5.41) is 30.4. The van der Waals surface area contributed by atoms with E-state index in [4.69, 9.17) is 23.5 Å². The van der Waals surface area contributed by atoms with Crippen LogP contribution in [0.25, 0.3) is 0 Å². The molecule has 1 rings (SSSR count). The third-order valence-electron chi connectivity index (χ3n) is 8.90. The van der Waals surface area contributed by atoms with E-state index >= 15 is 0 Å². The highest BCUT2D eigenvalue weighted by molar-refractivity contribution is 7.80. The monoisotopic (exact) mass is 800 g/mol. The first kappa shape index (κ1) is 50.8. The Labute approximate surface area is 331 Å². The third-order valence-corrected chi connectivity index (χ3v) is 9.37. The Morgan fingerprint density at radius 1 is 0.709 bits per heavy atom. The topological polar surface area (TPSA) is 178 Å². The molecule has 6 atom stereocenters. The van der Waals surface area contributed by atoms with E-state index in [9.17, 15) is 28.5 Å². The molecule has 6 unspecified atom stereocenters. The number of aliphatic hydroxyl groups excluding tert-OH is 3. The summed E-state index contributed by atoms with van der Waals surface area (Å²) in [6.07, 6.45) is 32.0. The maximum absolute atomic E-state index is 12.5. The van der Waals surface area contributed by atoms with E-state index in [1.807, 2.05) is 0 Å². The molecule has 0 aromatic heterocycles. The zero-order valence-electron chi connectivity index (χ0n) is 33.5. The maximum Gasteiger partial charge on any atom is 0.397 e. The Morgan fingerprint density at radius 2 is 1.25 bits per heavy atom. The van der Waals surface area contributed by atoms with E-state index in [-0.39, 0.29) is 19.6 Å². The molecule has 0 bridgehead atoms. The second-order valence-electron chi connectivity index (χ2n) is 13.9. The smallest absolute Gasteiger partial charge is 0.397 e. The van der Waals surface area contributed by atoms with Gasteiger partial charge in [-0.3, -0.25) is 9.35 Å². The van der Waals surface area contributed by atoms with Crippen LogP contribution in [0.15, 0.2) is 60.8 Å². The minimum atomic E-state index is -5.05. The predicted octanol–water partition coefficient (Wildman–Crippen LogP) is 7.79. The molecule has 4 N–H and O–H groups in total. The molecule has 318 valence electrons. The van der Waals surface area contributed by atoms with E-state index in [1.165, 1.54) is 32.1 Å². The summed E-state index contributed by atoms with van der Waals surface area (Å²) in [6, 6.07) is 0. The van der Waals surface area contributed by atoms with Gasteiger partial charge in [0, 0.05) is 13.0 Å². The second-order valence-corrected chi connectivity index (χ2v) is 14.9. The number of hydrogen-bond donors (Lipinski definition) is 4. The largest absolute Gasteiger partial charge is 0.457 e. The van der Waals surface area contributed by atoms with Gasteiger partial charge in [-0.25, -0.2) is 4.18 Å². The average Bonchev–Trinajstić information content (AvgIpc) is 3.15. The van der Waals surface area contributed by atoms with Gasteiger partial charge in [-0.2, -0.15) is 8.42 Å². The van der Waals surface area contributed by atoms with Gasteiger partial charge in [-0.15, -0.1) is 0 Å². The van der Waals surface area contributed by atoms with Crippen LogP contribution in [-0.2, 0) is 38.3 Å². The Bertz CT molecular complexity index is 1200. The fraction of sp³-hybridized carbons (Fsp3) is 0.738. The van der Waals surface area contributed by atoms with Crippen molar-refractivity contribution >= 4 is 16.4 Å². The van der Waals surface area contributed by atoms with Crippen LogP contribution in [0, 0.1) is 0 Å². The summed E-state index contributed by atoms with van der Waals surface area (Å²) < 4.78 is 58.5. The van der Waals surface area contributed by atoms with Crippen molar-refractivity contribution in [2.24, 2.45) is 0 Å². The Hall–Kier alpha value is -2.20. The van der Waals surface area contributed by atoms with Gasteiger partial charge < -0.3 is 34.3 Å². The number of allylic oxidation sites excluding steroid dienone is 10. The highest BCUT2D eigenvalue weighted by Gasteiger charge is 2.48. The van der Waals surface area contributed by atoms with Crippen LogP contribution >= 0.6 is 0 Å². The Balaban J connectivity index is 2.27. The van der Waals surface area contributed by atoms with Crippen LogP contribution in [0.1, 0.15) is 136 Å². The molecule has 0 aromatic carbocycles. The summed E-state index contributed by atoms with van der Waals surface area (Å²) >= 11 is 0. The molecule has 0 amide bonds. The van der Waals surface area contributed by atoms with Gasteiger partial charge in [0.1, 0.15) is 30.5 Å². The van der Waals surface area contributed by atoms with Gasteiger partial charge in [-0.1, -0.05) is 132 Å². The first-order valence-corrected chi connectivity index (χ1v) is 21.9. The Kier molecular flexibility index (Phi) is 31.3. The van der Waals surface area contributed by atoms with Gasteiger partial charge in [0.15, 0.2) is 6.29 Å². The first-order chi connectivity index (χ1) is 26.6. The molecular weight excluding hydrogens is 729 g/mol. The lowest BCUT2D eigenvalue weighted by Crippen LogP contribution is -2.60. The quantitative estimate of drug-likeness (QED) is 0.0215. The number of esters is 1. The zero-order chi connectivity index (χ0) is 40.4. The van der Waals surface area contributed by atoms with E-state index in [2.05, 4.69) is 78.8 Å². The lowest BCUT2D eigenvalue weighted by atomic mass is 9.99. The van der Waals surface area contributed by atoms with Gasteiger partial charge in [0.25, 0.3) is 0 Å². The third kappa shape index (κ3) is 27.9. The normalized spacial score (nSPS) is 21.6. The van der Waals surface area contributed by atoms with Crippen molar-refractivity contribution in [3.8, 4) is 0 Å². The van der Waals surface area contributed by atoms with Crippen molar-refractivity contribution in [3.63, 3.8) is 0 Å². The van der Waals surface area contributed by atoms with Gasteiger partial charge in [0.05, 0.1) is 19.8 Å². The molecule has 1 fully saturated rings. The highest BCUT2D eigenvalue weighted by Crippen LogP contribution is 2.26. The lowest BCUT2D eigenvalue weighted by molar-refractivity contribution is -0.301. The molecule has 12 nitrogen and oxygen atoms in total. The molecule has 0 aliphatic carbocycles. The van der Waals surface area contributed by atoms with Crippen LogP contribution in [-0.4, -0.2) is 97.5 Å². The van der Waals surface area contributed by atoms with Crippen LogP contribution < -0.4 is 0 Å². The average molecular weight is 801 g/mol. The first-order valence-electron chi connectivity index (χ1n) is 20.5. The SMILES string of the molecule is CC/C=C\C/C=C\C/C=C\C/C=C\C/C=C\CCCCCCCCCCOCC(COC1OC(CO)C(O)C(OS(=O)(=O)O)C1O)OC(=O)CCCCCC. The van der Waals surface area contributed by atoms with Gasteiger partial charge >= 0.3 is 16.4 Å². The molecular formula is C42H72O12S. The van der Waals surface area contributed by atoms with E-state index in [0.717, 1.165) is 77.0 Å². The van der Waals surface area contributed by atoms with E-state index < -0.39 is 59.8 Å². The molecule has 0 spiro atoms. The second kappa shape index (κ2) is 33.9. The summed E-state index contributed by atoms with van der Waals surface area (Å²) in [7, 11) is -5.05. The van der Waals surface area contributed by atoms with Crippen LogP contribution in [0.2, 0.25) is 0 Å². The standard InChI is InChI=1S/C42H72O12S/c1-3-5-7-9-10-11-12-13-14-15-16-17-18-19-20-21-22-23-24-25-26-27-28-30-32-50-34-36(52-38(44)31-29-8-6-4-2)35-51-42-40(46)41(54-55(47,48)49)39(45)37(33-43)53-42/h5,7,10-11,13-14,16-17,19-20,36-37,39-43,45-46H,3-4,6,8-9,12,15,18,21-35H2,1-2H3,(H,47,48,49)/b7-5-,11-10-,14-13-,17-16-,20-19-. The van der Waals surface area contributed by atoms with Crippen LogP contribution in [0.4, 0.5) is 0 Å². The molecule has 0 saturated carbocycles. The molecule has 0 aromatic rings. The summed E-state index contributed by atoms with van der Waals surface area (Å²) in [4.78, 5) is 12.5. The van der Waals surface area contributed by atoms with E-state index in [1.54, 1.807) is 0 Å². The molecule has 1 heterocycles. The molecule has 13 heteroatoms. The summed E-state index contributed by atoms with van der Waals surface area (Å²) in [5.41, 5.74) is 0. The summed E-state index contributed by atoms with van der Waals surface area (Å²) in [5.74, 6) is -0.424. The maximum atomic E-state index is 12.5. The zero-order valence-corrected chi connectivity index (χ0v) is 34.3. The van der Waals surface area contributed by atoms with Crippen molar-refractivity contribution in [3.05, 3.63) is 60.8 Å². The van der Waals surface area contributed by atoms with Crippen molar-refractivity contribution in [2.45, 2.75) is 173 Å².